The molecule has 6 rings (SSSR count). The van der Waals surface area contributed by atoms with E-state index in [1.165, 1.54) is 0 Å². The highest BCUT2D eigenvalue weighted by atomic mass is 16.5. The van der Waals surface area contributed by atoms with Gasteiger partial charge in [0.1, 0.15) is 34.5 Å². The van der Waals surface area contributed by atoms with Crippen molar-refractivity contribution in [3.63, 3.8) is 0 Å². The van der Waals surface area contributed by atoms with Crippen LogP contribution < -0.4 is 18.9 Å². The van der Waals surface area contributed by atoms with Crippen molar-refractivity contribution < 1.29 is 18.9 Å². The van der Waals surface area contributed by atoms with Crippen molar-refractivity contribution in [3.05, 3.63) is 158 Å². The number of ether oxygens (including phenoxy) is 4. The topological polar surface area (TPSA) is 36.9 Å². The van der Waals surface area contributed by atoms with Crippen LogP contribution in [0.5, 0.6) is 46.0 Å². The molecule has 0 amide bonds. The van der Waals surface area contributed by atoms with Crippen LogP contribution in [0.4, 0.5) is 0 Å². The Morgan fingerprint density at radius 3 is 1.15 bits per heavy atom. The first-order valence-electron chi connectivity index (χ1n) is 13.0. The fourth-order valence-electron chi connectivity index (χ4n) is 4.20. The minimum atomic E-state index is 0.637. The molecule has 0 fully saturated rings. The van der Waals surface area contributed by atoms with E-state index in [1.54, 1.807) is 0 Å². The molecule has 0 saturated carbocycles. The van der Waals surface area contributed by atoms with E-state index in [4.69, 9.17) is 18.9 Å². The van der Waals surface area contributed by atoms with Crippen LogP contribution in [0.2, 0.25) is 0 Å². The molecular formula is C36H26O4. The van der Waals surface area contributed by atoms with Crippen molar-refractivity contribution in [2.24, 2.45) is 0 Å². The van der Waals surface area contributed by atoms with Crippen LogP contribution in [-0.2, 0) is 0 Å². The van der Waals surface area contributed by atoms with E-state index < -0.39 is 0 Å². The lowest BCUT2D eigenvalue weighted by atomic mass is 10.1. The van der Waals surface area contributed by atoms with Crippen molar-refractivity contribution in [1.29, 1.82) is 0 Å². The summed E-state index contributed by atoms with van der Waals surface area (Å²) in [4.78, 5) is 0. The van der Waals surface area contributed by atoms with E-state index >= 15 is 0 Å². The van der Waals surface area contributed by atoms with Crippen LogP contribution in [0, 0.1) is 0 Å². The van der Waals surface area contributed by atoms with Crippen molar-refractivity contribution >= 4 is 0 Å². The maximum atomic E-state index is 6.26. The minimum Gasteiger partial charge on any atom is -0.457 e. The van der Waals surface area contributed by atoms with Gasteiger partial charge in [-0.3, -0.25) is 0 Å². The summed E-state index contributed by atoms with van der Waals surface area (Å²) in [6.45, 7) is 0. The third-order valence-electron chi connectivity index (χ3n) is 6.07. The summed E-state index contributed by atoms with van der Waals surface area (Å²) in [6, 6.07) is 50.5. The summed E-state index contributed by atoms with van der Waals surface area (Å²) < 4.78 is 24.5. The Hall–Kier alpha value is -5.48. The van der Waals surface area contributed by atoms with Crippen LogP contribution in [0.25, 0.3) is 11.1 Å². The van der Waals surface area contributed by atoms with E-state index in [-0.39, 0.29) is 0 Å². The molecule has 0 saturated heterocycles. The van der Waals surface area contributed by atoms with Gasteiger partial charge in [0.05, 0.1) is 0 Å². The first kappa shape index (κ1) is 24.8. The molecule has 0 N–H and O–H groups in total. The van der Waals surface area contributed by atoms with Crippen molar-refractivity contribution in [3.8, 4) is 57.1 Å². The summed E-state index contributed by atoms with van der Waals surface area (Å²) in [5, 5.41) is 0. The second-order valence-electron chi connectivity index (χ2n) is 9.01. The summed E-state index contributed by atoms with van der Waals surface area (Å²) in [5.41, 5.74) is 2.01. The van der Waals surface area contributed by atoms with Gasteiger partial charge in [-0.15, -0.1) is 0 Å². The molecule has 0 aliphatic heterocycles. The van der Waals surface area contributed by atoms with Crippen LogP contribution in [-0.4, -0.2) is 0 Å². The van der Waals surface area contributed by atoms with Crippen LogP contribution >= 0.6 is 0 Å². The number of hydrogen-bond donors (Lipinski definition) is 0. The highest BCUT2D eigenvalue weighted by molar-refractivity contribution is 5.67. The second-order valence-corrected chi connectivity index (χ2v) is 9.01. The first-order chi connectivity index (χ1) is 19.8. The Labute approximate surface area is 233 Å². The van der Waals surface area contributed by atoms with Crippen LogP contribution in [0.1, 0.15) is 0 Å². The Morgan fingerprint density at radius 1 is 0.250 bits per heavy atom. The van der Waals surface area contributed by atoms with Gasteiger partial charge in [0.25, 0.3) is 0 Å². The largest absolute Gasteiger partial charge is 0.457 e. The molecule has 0 radical (unpaired) electrons. The highest BCUT2D eigenvalue weighted by Gasteiger charge is 2.09. The average molecular weight is 523 g/mol. The molecule has 4 heteroatoms. The van der Waals surface area contributed by atoms with Gasteiger partial charge in [0, 0.05) is 6.07 Å². The van der Waals surface area contributed by atoms with Gasteiger partial charge in [-0.25, -0.2) is 0 Å². The van der Waals surface area contributed by atoms with Crippen LogP contribution in [0.3, 0.4) is 0 Å². The maximum absolute atomic E-state index is 6.26. The number of benzene rings is 6. The van der Waals surface area contributed by atoms with E-state index in [9.17, 15) is 0 Å². The SMILES string of the molecule is c1ccc(Oc2cccc(Oc3cccc(-c4cccc(Oc5ccccc5Oc5ccccc5)c4)c3)c2)cc1. The molecule has 0 aliphatic carbocycles. The van der Waals surface area contributed by atoms with E-state index in [1.807, 2.05) is 158 Å². The van der Waals surface area contributed by atoms with Crippen molar-refractivity contribution in [2.75, 3.05) is 0 Å². The van der Waals surface area contributed by atoms with E-state index in [0.717, 1.165) is 28.4 Å². The zero-order chi connectivity index (χ0) is 27.0. The predicted molar refractivity (Wildman–Crippen MR) is 158 cm³/mol. The monoisotopic (exact) mass is 522 g/mol. The molecule has 6 aromatic rings. The minimum absolute atomic E-state index is 0.637. The van der Waals surface area contributed by atoms with E-state index in [0.29, 0.717) is 28.7 Å². The fourth-order valence-corrected chi connectivity index (χ4v) is 4.20. The van der Waals surface area contributed by atoms with Gasteiger partial charge in [0.2, 0.25) is 0 Å². The molecule has 0 atom stereocenters. The third kappa shape index (κ3) is 6.32. The maximum Gasteiger partial charge on any atom is 0.169 e. The molecule has 0 spiro atoms. The van der Waals surface area contributed by atoms with Gasteiger partial charge >= 0.3 is 0 Å². The lowest BCUT2D eigenvalue weighted by Gasteiger charge is -2.13. The summed E-state index contributed by atoms with van der Waals surface area (Å²) in [6.07, 6.45) is 0. The Balaban J connectivity index is 1.18. The third-order valence-corrected chi connectivity index (χ3v) is 6.07. The lowest BCUT2D eigenvalue weighted by molar-refractivity contribution is 0.419. The fraction of sp³-hybridized carbons (Fsp3) is 0. The van der Waals surface area contributed by atoms with Crippen LogP contribution in [0.15, 0.2) is 158 Å². The molecular weight excluding hydrogens is 496 g/mol. The molecule has 6 aromatic carbocycles. The normalized spacial score (nSPS) is 10.5. The first-order valence-corrected chi connectivity index (χ1v) is 13.0. The standard InChI is InChI=1S/C36H26O4/c1-3-14-29(15-4-1)37-33-20-11-21-34(26-33)38-31-18-9-12-27(24-31)28-13-10-19-32(25-28)40-36-23-8-7-22-35(36)39-30-16-5-2-6-17-30/h1-26H. The van der Waals surface area contributed by atoms with Gasteiger partial charge in [-0.2, -0.15) is 0 Å². The molecule has 4 nitrogen and oxygen atoms in total. The quantitative estimate of drug-likeness (QED) is 0.189. The van der Waals surface area contributed by atoms with E-state index in [2.05, 4.69) is 0 Å². The second kappa shape index (κ2) is 11.9. The number of hydrogen-bond acceptors (Lipinski definition) is 4. The molecule has 40 heavy (non-hydrogen) atoms. The zero-order valence-corrected chi connectivity index (χ0v) is 21.6. The summed E-state index contributed by atoms with van der Waals surface area (Å²) in [5.74, 6) is 5.64. The Bertz CT molecular complexity index is 1700. The zero-order valence-electron chi connectivity index (χ0n) is 21.6. The highest BCUT2D eigenvalue weighted by Crippen LogP contribution is 2.36. The summed E-state index contributed by atoms with van der Waals surface area (Å²) >= 11 is 0. The van der Waals surface area contributed by atoms with Crippen molar-refractivity contribution in [2.45, 2.75) is 0 Å². The Kier molecular flexibility index (Phi) is 7.40. The number of para-hydroxylation sites is 4. The molecule has 194 valence electrons. The van der Waals surface area contributed by atoms with Gasteiger partial charge < -0.3 is 18.9 Å². The predicted octanol–water partition coefficient (Wildman–Crippen LogP) is 10.5. The van der Waals surface area contributed by atoms with Gasteiger partial charge in [0.15, 0.2) is 11.5 Å². The lowest BCUT2D eigenvalue weighted by Crippen LogP contribution is -1.91. The molecule has 0 bridgehead atoms. The summed E-state index contributed by atoms with van der Waals surface area (Å²) in [7, 11) is 0. The van der Waals surface area contributed by atoms with Crippen molar-refractivity contribution in [1.82, 2.24) is 0 Å². The van der Waals surface area contributed by atoms with Gasteiger partial charge in [-0.1, -0.05) is 78.9 Å². The van der Waals surface area contributed by atoms with Gasteiger partial charge in [-0.05, 0) is 83.9 Å². The number of rotatable bonds is 9. The smallest absolute Gasteiger partial charge is 0.169 e. The molecule has 0 aromatic heterocycles. The Morgan fingerprint density at radius 2 is 0.600 bits per heavy atom. The molecule has 0 unspecified atom stereocenters. The molecule has 0 heterocycles. The average Bonchev–Trinajstić information content (AvgIpc) is 3.00. The molecule has 0 aliphatic rings.